The second-order valence-electron chi connectivity index (χ2n) is 7.10. The average molecular weight is 268 g/mol. The molecule has 0 aromatic rings. The van der Waals surface area contributed by atoms with E-state index in [0.29, 0.717) is 0 Å². The second kappa shape index (κ2) is 4.62. The van der Waals surface area contributed by atoms with Gasteiger partial charge in [-0.15, -0.1) is 0 Å². The third kappa shape index (κ3) is 1.89. The molecule has 0 fully saturated rings. The minimum Gasteiger partial charge on any atom is -0.0689 e. The van der Waals surface area contributed by atoms with Gasteiger partial charge in [0.25, 0.3) is 0 Å². The molecule has 0 atom stereocenters. The first-order valence-electron chi connectivity index (χ1n) is 7.58. The van der Waals surface area contributed by atoms with Gasteiger partial charge in [0.05, 0.1) is 0 Å². The lowest BCUT2D eigenvalue weighted by molar-refractivity contribution is 0.555. The monoisotopic (exact) mass is 268 g/mol. The van der Waals surface area contributed by atoms with Crippen molar-refractivity contribution in [1.82, 2.24) is 0 Å². The molecule has 0 radical (unpaired) electrons. The molecule has 0 nitrogen and oxygen atoms in total. The van der Waals surface area contributed by atoms with Gasteiger partial charge in [0.2, 0.25) is 0 Å². The van der Waals surface area contributed by atoms with E-state index in [9.17, 15) is 0 Å². The van der Waals surface area contributed by atoms with Crippen LogP contribution in [0.25, 0.3) is 0 Å². The summed E-state index contributed by atoms with van der Waals surface area (Å²) in [7, 11) is 0. The predicted octanol–water partition coefficient (Wildman–Crippen LogP) is 6.29. The molecule has 0 aromatic heterocycles. The van der Waals surface area contributed by atoms with Crippen molar-refractivity contribution in [2.24, 2.45) is 5.41 Å². The van der Waals surface area contributed by atoms with E-state index in [2.05, 4.69) is 68.4 Å². The Morgan fingerprint density at radius 3 is 1.70 bits per heavy atom. The fraction of sp³-hybridized carbons (Fsp3) is 0.500. The maximum Gasteiger partial charge on any atom is 0.0117 e. The SMILES string of the molecule is CC(C)=C1C=C(C2=C(C)C(C)=C(C)C2(C)C)C(C)=C1C. The van der Waals surface area contributed by atoms with Gasteiger partial charge in [0.15, 0.2) is 0 Å². The van der Waals surface area contributed by atoms with Crippen molar-refractivity contribution in [3.05, 3.63) is 56.2 Å². The lowest BCUT2D eigenvalue weighted by Crippen LogP contribution is -2.15. The average Bonchev–Trinajstić information content (AvgIpc) is 2.71. The summed E-state index contributed by atoms with van der Waals surface area (Å²) < 4.78 is 0. The Balaban J connectivity index is 2.68. The van der Waals surface area contributed by atoms with Crippen LogP contribution in [0.4, 0.5) is 0 Å². The molecular formula is C20H28. The standard InChI is InChI=1S/C20H28/c1-11(2)17-10-18(14(5)13(17)4)19-15(6)12(3)16(7)20(19,8)9/h10H,1-9H3. The zero-order valence-electron chi connectivity index (χ0n) is 14.6. The fourth-order valence-electron chi connectivity index (χ4n) is 3.68. The predicted molar refractivity (Wildman–Crippen MR) is 89.7 cm³/mol. The van der Waals surface area contributed by atoms with Crippen LogP contribution in [0.1, 0.15) is 62.3 Å². The Morgan fingerprint density at radius 2 is 1.35 bits per heavy atom. The molecule has 0 heteroatoms. The molecule has 0 aliphatic heterocycles. The molecule has 0 spiro atoms. The number of rotatable bonds is 1. The molecule has 108 valence electrons. The maximum absolute atomic E-state index is 2.41. The van der Waals surface area contributed by atoms with Gasteiger partial charge in [-0.3, -0.25) is 0 Å². The van der Waals surface area contributed by atoms with Gasteiger partial charge < -0.3 is 0 Å². The Morgan fingerprint density at radius 1 is 0.800 bits per heavy atom. The highest BCUT2D eigenvalue weighted by atomic mass is 14.4. The van der Waals surface area contributed by atoms with Gasteiger partial charge >= 0.3 is 0 Å². The van der Waals surface area contributed by atoms with Crippen LogP contribution in [0, 0.1) is 5.41 Å². The molecule has 0 heterocycles. The Labute approximate surface area is 124 Å². The summed E-state index contributed by atoms with van der Waals surface area (Å²) in [5.74, 6) is 0. The van der Waals surface area contributed by atoms with Crippen LogP contribution in [0.2, 0.25) is 0 Å². The molecule has 0 saturated carbocycles. The van der Waals surface area contributed by atoms with Crippen molar-refractivity contribution < 1.29 is 0 Å². The summed E-state index contributed by atoms with van der Waals surface area (Å²) in [5.41, 5.74) is 13.3. The first kappa shape index (κ1) is 15.1. The van der Waals surface area contributed by atoms with E-state index in [1.54, 1.807) is 0 Å². The van der Waals surface area contributed by atoms with Crippen LogP contribution >= 0.6 is 0 Å². The van der Waals surface area contributed by atoms with Gasteiger partial charge in [-0.1, -0.05) is 25.0 Å². The normalized spacial score (nSPS) is 22.2. The minimum atomic E-state index is 0.151. The topological polar surface area (TPSA) is 0 Å². The molecule has 2 aliphatic rings. The zero-order valence-corrected chi connectivity index (χ0v) is 14.6. The second-order valence-corrected chi connectivity index (χ2v) is 7.10. The highest BCUT2D eigenvalue weighted by Crippen LogP contribution is 2.52. The van der Waals surface area contributed by atoms with Crippen LogP contribution in [0.15, 0.2) is 56.2 Å². The van der Waals surface area contributed by atoms with Gasteiger partial charge in [0, 0.05) is 5.41 Å². The highest BCUT2D eigenvalue weighted by Gasteiger charge is 2.37. The summed E-state index contributed by atoms with van der Waals surface area (Å²) in [6, 6.07) is 0. The molecule has 0 amide bonds. The van der Waals surface area contributed by atoms with E-state index in [1.165, 1.54) is 50.2 Å². The van der Waals surface area contributed by atoms with Crippen molar-refractivity contribution >= 4 is 0 Å². The lowest BCUT2D eigenvalue weighted by Gasteiger charge is -2.27. The smallest absolute Gasteiger partial charge is 0.0117 e. The number of hydrogen-bond acceptors (Lipinski definition) is 0. The Bertz CT molecular complexity index is 634. The van der Waals surface area contributed by atoms with E-state index in [4.69, 9.17) is 0 Å². The van der Waals surface area contributed by atoms with Gasteiger partial charge in [-0.05, 0) is 93.6 Å². The summed E-state index contributed by atoms with van der Waals surface area (Å²) in [4.78, 5) is 0. The Kier molecular flexibility index (Phi) is 3.48. The van der Waals surface area contributed by atoms with Gasteiger partial charge in [-0.25, -0.2) is 0 Å². The van der Waals surface area contributed by atoms with Crippen LogP contribution in [0.3, 0.4) is 0 Å². The largest absolute Gasteiger partial charge is 0.0689 e. The summed E-state index contributed by atoms with van der Waals surface area (Å²) >= 11 is 0. The summed E-state index contributed by atoms with van der Waals surface area (Å²) in [6.45, 7) is 20.5. The van der Waals surface area contributed by atoms with Gasteiger partial charge in [-0.2, -0.15) is 0 Å². The molecule has 2 rings (SSSR count). The van der Waals surface area contributed by atoms with E-state index >= 15 is 0 Å². The van der Waals surface area contributed by atoms with Crippen LogP contribution in [-0.2, 0) is 0 Å². The fourth-order valence-corrected chi connectivity index (χ4v) is 3.68. The molecule has 0 unspecified atom stereocenters. The third-order valence-corrected chi connectivity index (χ3v) is 5.53. The van der Waals surface area contributed by atoms with Crippen molar-refractivity contribution in [3.63, 3.8) is 0 Å². The van der Waals surface area contributed by atoms with Crippen molar-refractivity contribution in [3.8, 4) is 0 Å². The molecule has 0 N–H and O–H groups in total. The van der Waals surface area contributed by atoms with Crippen LogP contribution in [0.5, 0.6) is 0 Å². The number of allylic oxidation sites excluding steroid dienone is 10. The number of hydrogen-bond donors (Lipinski definition) is 0. The maximum atomic E-state index is 2.41. The van der Waals surface area contributed by atoms with Crippen LogP contribution < -0.4 is 0 Å². The van der Waals surface area contributed by atoms with E-state index < -0.39 is 0 Å². The Hall–Kier alpha value is -1.30. The molecule has 20 heavy (non-hydrogen) atoms. The quantitative estimate of drug-likeness (QED) is 0.524. The van der Waals surface area contributed by atoms with Gasteiger partial charge in [0.1, 0.15) is 0 Å². The molecular weight excluding hydrogens is 240 g/mol. The first-order chi connectivity index (χ1) is 9.10. The molecule has 2 aliphatic carbocycles. The minimum absolute atomic E-state index is 0.151. The van der Waals surface area contributed by atoms with Crippen molar-refractivity contribution in [2.45, 2.75) is 62.3 Å². The van der Waals surface area contributed by atoms with E-state index in [1.807, 2.05) is 0 Å². The molecule has 0 saturated heterocycles. The molecule has 0 aromatic carbocycles. The summed E-state index contributed by atoms with van der Waals surface area (Å²) in [6.07, 6.45) is 2.41. The van der Waals surface area contributed by atoms with E-state index in [0.717, 1.165) is 0 Å². The van der Waals surface area contributed by atoms with Crippen LogP contribution in [-0.4, -0.2) is 0 Å². The van der Waals surface area contributed by atoms with Crippen molar-refractivity contribution in [2.75, 3.05) is 0 Å². The zero-order chi connectivity index (χ0) is 15.4. The lowest BCUT2D eigenvalue weighted by atomic mass is 9.76. The first-order valence-corrected chi connectivity index (χ1v) is 7.58. The highest BCUT2D eigenvalue weighted by molar-refractivity contribution is 5.70. The van der Waals surface area contributed by atoms with Crippen molar-refractivity contribution in [1.29, 1.82) is 0 Å². The van der Waals surface area contributed by atoms with E-state index in [-0.39, 0.29) is 5.41 Å². The third-order valence-electron chi connectivity index (χ3n) is 5.53. The molecule has 0 bridgehead atoms. The summed E-state index contributed by atoms with van der Waals surface area (Å²) in [5, 5.41) is 0.